The lowest BCUT2D eigenvalue weighted by Gasteiger charge is -2.12. The molecule has 0 aromatic rings. The normalized spacial score (nSPS) is 39.3. The zero-order valence-electron chi connectivity index (χ0n) is 8.63. The monoisotopic (exact) mass is 179 g/mol. The number of nitrogens with one attached hydrogen (secondary N) is 1. The van der Waals surface area contributed by atoms with Crippen molar-refractivity contribution in [2.75, 3.05) is 6.54 Å². The number of fused-ring (bicyclic) bond motifs is 1. The molecule has 0 aromatic heterocycles. The van der Waals surface area contributed by atoms with Crippen LogP contribution in [0.4, 0.5) is 0 Å². The molecule has 1 nitrogen and oxygen atoms in total. The first-order valence-corrected chi connectivity index (χ1v) is 5.74. The summed E-state index contributed by atoms with van der Waals surface area (Å²) in [7, 11) is 0. The van der Waals surface area contributed by atoms with Gasteiger partial charge in [0.05, 0.1) is 0 Å². The molecule has 0 amide bonds. The Labute approximate surface area is 81.6 Å². The number of hydrogen-bond acceptors (Lipinski definition) is 1. The predicted octanol–water partition coefficient (Wildman–Crippen LogP) is 2.59. The fourth-order valence-corrected chi connectivity index (χ4v) is 3.19. The molecule has 0 saturated heterocycles. The van der Waals surface area contributed by atoms with Gasteiger partial charge < -0.3 is 5.32 Å². The fraction of sp³-hybridized carbons (Fsp3) is 0.833. The Kier molecular flexibility index (Phi) is 2.73. The summed E-state index contributed by atoms with van der Waals surface area (Å²) >= 11 is 0. The average molecular weight is 179 g/mol. The Morgan fingerprint density at radius 2 is 2.00 bits per heavy atom. The summed E-state index contributed by atoms with van der Waals surface area (Å²) in [5.74, 6) is 3.01. The van der Waals surface area contributed by atoms with Gasteiger partial charge in [-0.05, 0) is 37.1 Å². The van der Waals surface area contributed by atoms with Crippen LogP contribution >= 0.6 is 0 Å². The molecule has 2 rings (SSSR count). The lowest BCUT2D eigenvalue weighted by Crippen LogP contribution is -2.29. The minimum atomic E-state index is 0.595. The van der Waals surface area contributed by atoms with Crippen LogP contribution < -0.4 is 5.32 Å². The third-order valence-electron chi connectivity index (χ3n) is 3.83. The van der Waals surface area contributed by atoms with Gasteiger partial charge in [0.25, 0.3) is 0 Å². The maximum Gasteiger partial charge on any atom is 0.0281 e. The first-order valence-electron chi connectivity index (χ1n) is 5.74. The predicted molar refractivity (Wildman–Crippen MR) is 56.6 cm³/mol. The summed E-state index contributed by atoms with van der Waals surface area (Å²) in [6.45, 7) is 7.20. The summed E-state index contributed by atoms with van der Waals surface area (Å²) in [5, 5.41) is 3.53. The van der Waals surface area contributed by atoms with Crippen LogP contribution in [0.25, 0.3) is 0 Å². The standard InChI is InChI=1S/C12H21N/c1-3-11(13-4-2)12-9-7-5-6-8-10(9)12/h3,9-13H,1,4-8H2,2H3. The quantitative estimate of drug-likeness (QED) is 0.654. The van der Waals surface area contributed by atoms with Gasteiger partial charge in [0, 0.05) is 6.04 Å². The SMILES string of the molecule is C=CC(NCC)C1C2CCCCC21. The molecule has 13 heavy (non-hydrogen) atoms. The van der Waals surface area contributed by atoms with Gasteiger partial charge in [-0.3, -0.25) is 0 Å². The third-order valence-corrected chi connectivity index (χ3v) is 3.83. The van der Waals surface area contributed by atoms with Crippen LogP contribution in [-0.4, -0.2) is 12.6 Å². The molecule has 2 saturated carbocycles. The van der Waals surface area contributed by atoms with E-state index in [0.29, 0.717) is 6.04 Å². The topological polar surface area (TPSA) is 12.0 Å². The van der Waals surface area contributed by atoms with Gasteiger partial charge in [0.1, 0.15) is 0 Å². The van der Waals surface area contributed by atoms with E-state index in [1.807, 2.05) is 0 Å². The highest BCUT2D eigenvalue weighted by molar-refractivity contribution is 5.09. The van der Waals surface area contributed by atoms with E-state index in [1.54, 1.807) is 0 Å². The Balaban J connectivity index is 1.90. The second-order valence-corrected chi connectivity index (χ2v) is 4.51. The van der Waals surface area contributed by atoms with Crippen LogP contribution in [0, 0.1) is 17.8 Å². The molecule has 1 N–H and O–H groups in total. The van der Waals surface area contributed by atoms with E-state index in [9.17, 15) is 0 Å². The molecule has 0 aliphatic heterocycles. The Morgan fingerprint density at radius 1 is 1.38 bits per heavy atom. The maximum absolute atomic E-state index is 3.94. The molecular weight excluding hydrogens is 158 g/mol. The van der Waals surface area contributed by atoms with Crippen molar-refractivity contribution in [3.05, 3.63) is 12.7 Å². The van der Waals surface area contributed by atoms with Crippen LogP contribution in [-0.2, 0) is 0 Å². The van der Waals surface area contributed by atoms with Gasteiger partial charge in [-0.25, -0.2) is 0 Å². The van der Waals surface area contributed by atoms with Crippen LogP contribution in [0.2, 0.25) is 0 Å². The number of rotatable bonds is 4. The van der Waals surface area contributed by atoms with Gasteiger partial charge >= 0.3 is 0 Å². The van der Waals surface area contributed by atoms with Gasteiger partial charge in [0.2, 0.25) is 0 Å². The minimum absolute atomic E-state index is 0.595. The van der Waals surface area contributed by atoms with Crippen molar-refractivity contribution in [3.8, 4) is 0 Å². The largest absolute Gasteiger partial charge is 0.311 e. The smallest absolute Gasteiger partial charge is 0.0281 e. The van der Waals surface area contributed by atoms with Crippen molar-refractivity contribution in [1.82, 2.24) is 5.32 Å². The van der Waals surface area contributed by atoms with E-state index in [0.717, 1.165) is 24.3 Å². The van der Waals surface area contributed by atoms with Gasteiger partial charge in [-0.2, -0.15) is 0 Å². The summed E-state index contributed by atoms with van der Waals surface area (Å²) in [4.78, 5) is 0. The number of likely N-dealkylation sites (N-methyl/N-ethyl adjacent to an activating group) is 1. The Bertz CT molecular complexity index is 176. The molecular formula is C12H21N. The molecule has 2 aliphatic rings. The second kappa shape index (κ2) is 3.83. The van der Waals surface area contributed by atoms with E-state index in [-0.39, 0.29) is 0 Å². The zero-order valence-corrected chi connectivity index (χ0v) is 8.63. The van der Waals surface area contributed by atoms with Crippen LogP contribution in [0.3, 0.4) is 0 Å². The Hall–Kier alpha value is -0.300. The van der Waals surface area contributed by atoms with Crippen LogP contribution in [0.1, 0.15) is 32.6 Å². The molecule has 0 bridgehead atoms. The first kappa shape index (κ1) is 9.26. The molecule has 2 aliphatic carbocycles. The molecule has 2 fully saturated rings. The van der Waals surface area contributed by atoms with Gasteiger partial charge in [-0.15, -0.1) is 6.58 Å². The first-order chi connectivity index (χ1) is 6.38. The average Bonchev–Trinajstić information content (AvgIpc) is 2.88. The van der Waals surface area contributed by atoms with Crippen molar-refractivity contribution in [1.29, 1.82) is 0 Å². The van der Waals surface area contributed by atoms with E-state index >= 15 is 0 Å². The van der Waals surface area contributed by atoms with Crippen molar-refractivity contribution in [2.24, 2.45) is 17.8 Å². The van der Waals surface area contributed by atoms with E-state index in [2.05, 4.69) is 24.9 Å². The van der Waals surface area contributed by atoms with E-state index in [1.165, 1.54) is 25.7 Å². The zero-order chi connectivity index (χ0) is 9.26. The molecule has 0 radical (unpaired) electrons. The third kappa shape index (κ3) is 1.67. The molecule has 3 atom stereocenters. The molecule has 0 spiro atoms. The van der Waals surface area contributed by atoms with Crippen molar-refractivity contribution in [3.63, 3.8) is 0 Å². The highest BCUT2D eigenvalue weighted by Gasteiger charge is 2.52. The summed E-state index contributed by atoms with van der Waals surface area (Å²) in [6.07, 6.45) is 8.00. The summed E-state index contributed by atoms with van der Waals surface area (Å²) in [5.41, 5.74) is 0. The van der Waals surface area contributed by atoms with Gasteiger partial charge in [0.15, 0.2) is 0 Å². The van der Waals surface area contributed by atoms with Crippen molar-refractivity contribution in [2.45, 2.75) is 38.6 Å². The highest BCUT2D eigenvalue weighted by Crippen LogP contribution is 2.57. The number of hydrogen-bond donors (Lipinski definition) is 1. The van der Waals surface area contributed by atoms with Crippen LogP contribution in [0.5, 0.6) is 0 Å². The van der Waals surface area contributed by atoms with E-state index < -0.39 is 0 Å². The summed E-state index contributed by atoms with van der Waals surface area (Å²) < 4.78 is 0. The lowest BCUT2D eigenvalue weighted by molar-refractivity contribution is 0.480. The molecule has 0 heterocycles. The lowest BCUT2D eigenvalue weighted by atomic mass is 10.0. The maximum atomic E-state index is 3.94. The molecule has 3 unspecified atom stereocenters. The highest BCUT2D eigenvalue weighted by atomic mass is 14.9. The summed E-state index contributed by atoms with van der Waals surface area (Å²) in [6, 6.07) is 0.595. The molecule has 0 aromatic carbocycles. The van der Waals surface area contributed by atoms with E-state index in [4.69, 9.17) is 0 Å². The van der Waals surface area contributed by atoms with Crippen molar-refractivity contribution < 1.29 is 0 Å². The second-order valence-electron chi connectivity index (χ2n) is 4.51. The minimum Gasteiger partial charge on any atom is -0.311 e. The Morgan fingerprint density at radius 3 is 2.46 bits per heavy atom. The molecule has 1 heteroatoms. The fourth-order valence-electron chi connectivity index (χ4n) is 3.19. The van der Waals surface area contributed by atoms with Crippen LogP contribution in [0.15, 0.2) is 12.7 Å². The van der Waals surface area contributed by atoms with Crippen molar-refractivity contribution >= 4 is 0 Å². The van der Waals surface area contributed by atoms with Gasteiger partial charge in [-0.1, -0.05) is 25.8 Å². The molecule has 74 valence electrons.